The molecule has 6 heteroatoms. The van der Waals surface area contributed by atoms with E-state index in [0.717, 1.165) is 7.11 Å². The van der Waals surface area contributed by atoms with Gasteiger partial charge in [0.1, 0.15) is 0 Å². The third-order valence-electron chi connectivity index (χ3n) is 2.99. The van der Waals surface area contributed by atoms with Gasteiger partial charge in [0.15, 0.2) is 5.92 Å². The van der Waals surface area contributed by atoms with E-state index in [0.29, 0.717) is 6.42 Å². The second kappa shape index (κ2) is 6.02. The minimum absolute atomic E-state index is 0.276. The zero-order valence-corrected chi connectivity index (χ0v) is 10.3. The molecule has 0 spiro atoms. The predicted molar refractivity (Wildman–Crippen MR) is 58.5 cm³/mol. The molecule has 1 aliphatic carbocycles. The Morgan fingerprint density at radius 1 is 1.39 bits per heavy atom. The standard InChI is InChI=1S/C12H14N2O4/c1-3-18-12(16)8-4-7(8)9(5-13)10(6-14)11(15)17-2/h7-10H,3-4H2,1-2H3. The topological polar surface area (TPSA) is 100 Å². The van der Waals surface area contributed by atoms with Crippen molar-refractivity contribution in [1.29, 1.82) is 10.5 Å². The lowest BCUT2D eigenvalue weighted by atomic mass is 9.89. The number of ether oxygens (including phenoxy) is 2. The lowest BCUT2D eigenvalue weighted by Gasteiger charge is -2.12. The molecule has 0 N–H and O–H groups in total. The number of carbonyl (C=O) groups is 2. The summed E-state index contributed by atoms with van der Waals surface area (Å²) in [5.41, 5.74) is 0. The Hall–Kier alpha value is -2.08. The Balaban J connectivity index is 2.71. The van der Waals surface area contributed by atoms with Crippen LogP contribution in [0.1, 0.15) is 13.3 Å². The maximum absolute atomic E-state index is 11.5. The first-order valence-electron chi connectivity index (χ1n) is 5.64. The summed E-state index contributed by atoms with van der Waals surface area (Å²) in [6.45, 7) is 1.97. The minimum Gasteiger partial charge on any atom is -0.468 e. The number of methoxy groups -OCH3 is 1. The molecule has 0 amide bonds. The maximum Gasteiger partial charge on any atom is 0.324 e. The quantitative estimate of drug-likeness (QED) is 0.663. The van der Waals surface area contributed by atoms with Gasteiger partial charge in [-0.15, -0.1) is 0 Å². The molecule has 0 saturated heterocycles. The minimum atomic E-state index is -1.15. The summed E-state index contributed by atoms with van der Waals surface area (Å²) >= 11 is 0. The van der Waals surface area contributed by atoms with Crippen LogP contribution in [0.2, 0.25) is 0 Å². The molecule has 6 nitrogen and oxygen atoms in total. The van der Waals surface area contributed by atoms with Crippen molar-refractivity contribution >= 4 is 11.9 Å². The SMILES string of the molecule is CCOC(=O)C1CC1C(C#N)C(C#N)C(=O)OC. The van der Waals surface area contributed by atoms with E-state index < -0.39 is 17.8 Å². The van der Waals surface area contributed by atoms with Crippen molar-refractivity contribution in [3.63, 3.8) is 0 Å². The summed E-state index contributed by atoms with van der Waals surface area (Å²) in [6, 6.07) is 3.69. The molecular formula is C12H14N2O4. The largest absolute Gasteiger partial charge is 0.468 e. The van der Waals surface area contributed by atoms with Gasteiger partial charge in [0.2, 0.25) is 0 Å². The fraction of sp³-hybridized carbons (Fsp3) is 0.667. The number of nitriles is 2. The van der Waals surface area contributed by atoms with Gasteiger partial charge in [-0.3, -0.25) is 9.59 Å². The van der Waals surface area contributed by atoms with Gasteiger partial charge in [-0.05, 0) is 19.3 Å². The number of carbonyl (C=O) groups excluding carboxylic acids is 2. The van der Waals surface area contributed by atoms with E-state index in [1.54, 1.807) is 13.0 Å². The Morgan fingerprint density at radius 2 is 2.06 bits per heavy atom. The van der Waals surface area contributed by atoms with Crippen LogP contribution in [0, 0.1) is 46.3 Å². The fourth-order valence-corrected chi connectivity index (χ4v) is 1.96. The third-order valence-corrected chi connectivity index (χ3v) is 2.99. The molecule has 0 heterocycles. The fourth-order valence-electron chi connectivity index (χ4n) is 1.96. The van der Waals surface area contributed by atoms with E-state index in [1.807, 2.05) is 6.07 Å². The van der Waals surface area contributed by atoms with Crippen LogP contribution in [-0.4, -0.2) is 25.7 Å². The van der Waals surface area contributed by atoms with Crippen LogP contribution < -0.4 is 0 Å². The van der Waals surface area contributed by atoms with Crippen LogP contribution in [-0.2, 0) is 19.1 Å². The Kier molecular flexibility index (Phi) is 4.67. The number of rotatable bonds is 5. The van der Waals surface area contributed by atoms with Crippen molar-refractivity contribution < 1.29 is 19.1 Å². The van der Waals surface area contributed by atoms with Crippen molar-refractivity contribution in [2.75, 3.05) is 13.7 Å². The Labute approximate surface area is 105 Å². The van der Waals surface area contributed by atoms with Gasteiger partial charge in [-0.1, -0.05) is 0 Å². The molecule has 0 aromatic heterocycles. The molecule has 96 valence electrons. The van der Waals surface area contributed by atoms with Crippen molar-refractivity contribution in [3.05, 3.63) is 0 Å². The van der Waals surface area contributed by atoms with Crippen LogP contribution >= 0.6 is 0 Å². The summed E-state index contributed by atoms with van der Waals surface area (Å²) < 4.78 is 9.32. The van der Waals surface area contributed by atoms with E-state index in [4.69, 9.17) is 15.3 Å². The monoisotopic (exact) mass is 250 g/mol. The summed E-state index contributed by atoms with van der Waals surface area (Å²) in [5.74, 6) is -3.75. The van der Waals surface area contributed by atoms with Crippen LogP contribution in [0.4, 0.5) is 0 Å². The zero-order valence-electron chi connectivity index (χ0n) is 10.3. The van der Waals surface area contributed by atoms with Gasteiger partial charge < -0.3 is 9.47 Å². The Bertz CT molecular complexity index is 421. The normalized spacial score (nSPS) is 24.0. The van der Waals surface area contributed by atoms with Gasteiger partial charge in [0.05, 0.1) is 37.7 Å². The van der Waals surface area contributed by atoms with E-state index in [1.165, 1.54) is 0 Å². The number of nitrogens with zero attached hydrogens (tertiary/aromatic N) is 2. The third kappa shape index (κ3) is 2.78. The second-order valence-corrected chi connectivity index (χ2v) is 4.04. The van der Waals surface area contributed by atoms with E-state index in [2.05, 4.69) is 4.74 Å². The first-order valence-corrected chi connectivity index (χ1v) is 5.64. The molecule has 0 bridgehead atoms. The highest BCUT2D eigenvalue weighted by Gasteiger charge is 2.52. The van der Waals surface area contributed by atoms with Crippen LogP contribution in [0.25, 0.3) is 0 Å². The average Bonchev–Trinajstić information content (AvgIpc) is 3.15. The van der Waals surface area contributed by atoms with Gasteiger partial charge >= 0.3 is 11.9 Å². The molecule has 1 saturated carbocycles. The average molecular weight is 250 g/mol. The highest BCUT2D eigenvalue weighted by atomic mass is 16.5. The summed E-state index contributed by atoms with van der Waals surface area (Å²) in [4.78, 5) is 22.8. The van der Waals surface area contributed by atoms with E-state index >= 15 is 0 Å². The van der Waals surface area contributed by atoms with Gasteiger partial charge in [0, 0.05) is 0 Å². The van der Waals surface area contributed by atoms with E-state index in [-0.39, 0.29) is 24.4 Å². The summed E-state index contributed by atoms with van der Waals surface area (Å²) in [5, 5.41) is 18.0. The first kappa shape index (κ1) is 14.0. The smallest absolute Gasteiger partial charge is 0.324 e. The molecule has 0 aliphatic heterocycles. The Morgan fingerprint density at radius 3 is 2.50 bits per heavy atom. The van der Waals surface area contributed by atoms with Crippen LogP contribution in [0.15, 0.2) is 0 Å². The lowest BCUT2D eigenvalue weighted by Crippen LogP contribution is -2.25. The van der Waals surface area contributed by atoms with Crippen molar-refractivity contribution in [1.82, 2.24) is 0 Å². The highest BCUT2D eigenvalue weighted by Crippen LogP contribution is 2.47. The van der Waals surface area contributed by atoms with Gasteiger partial charge in [-0.2, -0.15) is 10.5 Å². The first-order chi connectivity index (χ1) is 8.60. The molecule has 1 rings (SSSR count). The van der Waals surface area contributed by atoms with Gasteiger partial charge in [-0.25, -0.2) is 0 Å². The molecule has 18 heavy (non-hydrogen) atoms. The van der Waals surface area contributed by atoms with Crippen molar-refractivity contribution in [2.45, 2.75) is 13.3 Å². The van der Waals surface area contributed by atoms with Crippen molar-refractivity contribution in [2.24, 2.45) is 23.7 Å². The summed E-state index contributed by atoms with van der Waals surface area (Å²) in [7, 11) is 1.16. The maximum atomic E-state index is 11.5. The predicted octanol–water partition coefficient (Wildman–Crippen LogP) is 0.638. The molecule has 4 unspecified atom stereocenters. The lowest BCUT2D eigenvalue weighted by molar-refractivity contribution is -0.147. The molecule has 0 radical (unpaired) electrons. The van der Waals surface area contributed by atoms with Crippen molar-refractivity contribution in [3.8, 4) is 12.1 Å². The highest BCUT2D eigenvalue weighted by molar-refractivity contribution is 5.78. The molecule has 0 aromatic carbocycles. The molecule has 0 aromatic rings. The van der Waals surface area contributed by atoms with Gasteiger partial charge in [0.25, 0.3) is 0 Å². The zero-order chi connectivity index (χ0) is 13.7. The van der Waals surface area contributed by atoms with Crippen LogP contribution in [0.3, 0.4) is 0 Å². The number of hydrogen-bond acceptors (Lipinski definition) is 6. The molecule has 1 fully saturated rings. The molecule has 4 atom stereocenters. The van der Waals surface area contributed by atoms with E-state index in [9.17, 15) is 9.59 Å². The molecule has 1 aliphatic rings. The number of esters is 2. The second-order valence-electron chi connectivity index (χ2n) is 4.04. The summed E-state index contributed by atoms with van der Waals surface area (Å²) in [6.07, 6.45) is 0.478. The van der Waals surface area contributed by atoms with Crippen LogP contribution in [0.5, 0.6) is 0 Å². The number of hydrogen-bond donors (Lipinski definition) is 0. The molecular weight excluding hydrogens is 236 g/mol.